The van der Waals surface area contributed by atoms with E-state index in [0.717, 1.165) is 0 Å². The molecule has 2 amide bonds. The number of phenols is 1. The van der Waals surface area contributed by atoms with Gasteiger partial charge in [-0.15, -0.1) is 0 Å². The van der Waals surface area contributed by atoms with E-state index >= 15 is 0 Å². The Morgan fingerprint density at radius 3 is 2.29 bits per heavy atom. The number of rotatable bonds is 3. The van der Waals surface area contributed by atoms with Gasteiger partial charge in [0.25, 0.3) is 5.91 Å². The van der Waals surface area contributed by atoms with Gasteiger partial charge in [-0.25, -0.2) is 4.79 Å². The van der Waals surface area contributed by atoms with E-state index in [0.29, 0.717) is 22.4 Å². The average Bonchev–Trinajstić information content (AvgIpc) is 2.85. The lowest BCUT2D eigenvalue weighted by atomic mass is 9.59. The summed E-state index contributed by atoms with van der Waals surface area (Å²) in [6, 6.07) is 9.87. The molecule has 214 valence electrons. The molecule has 11 heteroatoms. The predicted molar refractivity (Wildman–Crippen MR) is 147 cm³/mol. The summed E-state index contributed by atoms with van der Waals surface area (Å²) in [6.07, 6.45) is -0.782. The first-order valence-electron chi connectivity index (χ1n) is 13.1. The minimum absolute atomic E-state index is 0.00517. The van der Waals surface area contributed by atoms with Crippen molar-refractivity contribution in [1.29, 1.82) is 0 Å². The fourth-order valence-electron chi connectivity index (χ4n) is 6.05. The minimum atomic E-state index is -2.61. The first-order valence-corrected chi connectivity index (χ1v) is 13.1. The van der Waals surface area contributed by atoms with Crippen molar-refractivity contribution in [2.75, 3.05) is 5.32 Å². The van der Waals surface area contributed by atoms with Gasteiger partial charge in [-0.2, -0.15) is 0 Å². The van der Waals surface area contributed by atoms with Crippen LogP contribution in [-0.2, 0) is 25.5 Å². The zero-order valence-electron chi connectivity index (χ0n) is 22.6. The molecular formula is C30H30N2O9. The van der Waals surface area contributed by atoms with E-state index in [-0.39, 0.29) is 36.1 Å². The van der Waals surface area contributed by atoms with E-state index in [1.165, 1.54) is 6.07 Å². The molecule has 2 aromatic carbocycles. The van der Waals surface area contributed by atoms with E-state index in [2.05, 4.69) is 5.32 Å². The number of fused-ring (bicyclic) bond motifs is 3. The van der Waals surface area contributed by atoms with Gasteiger partial charge >= 0.3 is 6.09 Å². The van der Waals surface area contributed by atoms with E-state index in [1.807, 2.05) is 0 Å². The number of hydrogen-bond donors (Lipinski definition) is 6. The van der Waals surface area contributed by atoms with Gasteiger partial charge in [0.2, 0.25) is 5.78 Å². The Morgan fingerprint density at radius 2 is 1.68 bits per heavy atom. The maximum absolute atomic E-state index is 13.6. The quantitative estimate of drug-likeness (QED) is 0.304. The molecule has 3 aliphatic rings. The van der Waals surface area contributed by atoms with Crippen molar-refractivity contribution in [2.45, 2.75) is 51.2 Å². The van der Waals surface area contributed by atoms with Gasteiger partial charge in [0.15, 0.2) is 11.4 Å². The molecule has 3 atom stereocenters. The zero-order valence-corrected chi connectivity index (χ0v) is 22.6. The molecule has 0 saturated heterocycles. The fourth-order valence-corrected chi connectivity index (χ4v) is 6.05. The molecule has 11 nitrogen and oxygen atoms in total. The van der Waals surface area contributed by atoms with Crippen LogP contribution in [0.3, 0.4) is 0 Å². The molecule has 5 rings (SSSR count). The van der Waals surface area contributed by atoms with Crippen molar-refractivity contribution < 1.29 is 44.3 Å². The number of hydrogen-bond acceptors (Lipinski definition) is 9. The maximum Gasteiger partial charge on any atom is 0.412 e. The monoisotopic (exact) mass is 562 g/mol. The number of aromatic hydroxyl groups is 1. The molecule has 3 unspecified atom stereocenters. The summed E-state index contributed by atoms with van der Waals surface area (Å²) in [4.78, 5) is 50.1. The molecule has 1 fully saturated rings. The highest BCUT2D eigenvalue weighted by Gasteiger charge is 2.60. The van der Waals surface area contributed by atoms with Gasteiger partial charge in [-0.1, -0.05) is 18.2 Å². The Labute approximate surface area is 234 Å². The van der Waals surface area contributed by atoms with Gasteiger partial charge < -0.3 is 30.9 Å². The fraction of sp³-hybridized carbons (Fsp3) is 0.333. The normalized spacial score (nSPS) is 23.9. The molecule has 0 radical (unpaired) electrons. The van der Waals surface area contributed by atoms with E-state index < -0.39 is 63.7 Å². The lowest BCUT2D eigenvalue weighted by Crippen LogP contribution is -2.58. The second-order valence-corrected chi connectivity index (χ2v) is 11.6. The van der Waals surface area contributed by atoms with Crippen molar-refractivity contribution in [2.24, 2.45) is 17.6 Å². The number of carbonyl (C=O) groups is 4. The summed E-state index contributed by atoms with van der Waals surface area (Å²) in [6.45, 7) is 5.26. The van der Waals surface area contributed by atoms with Crippen LogP contribution in [-0.4, -0.2) is 55.2 Å². The van der Waals surface area contributed by atoms with Gasteiger partial charge in [0.05, 0.1) is 5.56 Å². The smallest absolute Gasteiger partial charge is 0.412 e. The predicted octanol–water partition coefficient (Wildman–Crippen LogP) is 3.44. The van der Waals surface area contributed by atoms with Crippen LogP contribution < -0.4 is 11.1 Å². The summed E-state index contributed by atoms with van der Waals surface area (Å²) < 4.78 is 5.27. The van der Waals surface area contributed by atoms with Crippen LogP contribution >= 0.6 is 0 Å². The minimum Gasteiger partial charge on any atom is -0.508 e. The molecule has 1 saturated carbocycles. The van der Waals surface area contributed by atoms with Gasteiger partial charge in [-0.05, 0) is 74.4 Å². The number of anilines is 1. The number of phenolic OH excluding ortho intramolecular Hbond substituents is 1. The Hall–Kier alpha value is -4.64. The van der Waals surface area contributed by atoms with Crippen LogP contribution in [0.2, 0.25) is 0 Å². The third kappa shape index (κ3) is 4.51. The SMILES string of the molecule is CC(C)(C)OC(=O)Nc1ccc(-c2ccc(O)c3c2CC2CC4CC(=O)C(C(N)=O)=C(O)C4(O)C(=O)C2=C3O)cc1. The summed E-state index contributed by atoms with van der Waals surface area (Å²) >= 11 is 0. The molecule has 3 aliphatic carbocycles. The number of nitrogens with two attached hydrogens (primary N) is 1. The molecule has 0 aliphatic heterocycles. The number of amides is 2. The van der Waals surface area contributed by atoms with Gasteiger partial charge in [0.1, 0.15) is 28.4 Å². The highest BCUT2D eigenvalue weighted by Crippen LogP contribution is 2.53. The third-order valence-corrected chi connectivity index (χ3v) is 7.79. The lowest BCUT2D eigenvalue weighted by molar-refractivity contribution is -0.147. The molecule has 7 N–H and O–H groups in total. The highest BCUT2D eigenvalue weighted by molar-refractivity contribution is 6.22. The maximum atomic E-state index is 13.6. The largest absolute Gasteiger partial charge is 0.508 e. The molecule has 0 aromatic heterocycles. The number of aliphatic hydroxyl groups is 3. The third-order valence-electron chi connectivity index (χ3n) is 7.79. The molecule has 0 spiro atoms. The van der Waals surface area contributed by atoms with Crippen LogP contribution in [0.1, 0.15) is 44.7 Å². The second-order valence-electron chi connectivity index (χ2n) is 11.6. The van der Waals surface area contributed by atoms with Crippen molar-refractivity contribution in [1.82, 2.24) is 0 Å². The molecular weight excluding hydrogens is 532 g/mol. The number of primary amides is 1. The van der Waals surface area contributed by atoms with Crippen LogP contribution in [0.4, 0.5) is 10.5 Å². The summed E-state index contributed by atoms with van der Waals surface area (Å²) in [5.41, 5.74) is 3.30. The topological polar surface area (TPSA) is 196 Å². The van der Waals surface area contributed by atoms with Crippen molar-refractivity contribution in [3.05, 3.63) is 64.4 Å². The van der Waals surface area contributed by atoms with Crippen LogP contribution in [0.5, 0.6) is 5.75 Å². The van der Waals surface area contributed by atoms with Gasteiger partial charge in [0, 0.05) is 23.6 Å². The lowest BCUT2D eigenvalue weighted by Gasteiger charge is -2.46. The molecule has 0 heterocycles. The number of nitrogens with one attached hydrogen (secondary N) is 1. The number of carbonyl (C=O) groups excluding carboxylic acids is 4. The molecule has 41 heavy (non-hydrogen) atoms. The van der Waals surface area contributed by atoms with Gasteiger partial charge in [-0.3, -0.25) is 19.7 Å². The molecule has 0 bridgehead atoms. The zero-order chi connectivity index (χ0) is 30.0. The Kier molecular flexibility index (Phi) is 6.45. The number of ether oxygens (including phenoxy) is 1. The number of benzene rings is 2. The average molecular weight is 563 g/mol. The van der Waals surface area contributed by atoms with Crippen molar-refractivity contribution in [3.8, 4) is 16.9 Å². The highest BCUT2D eigenvalue weighted by atomic mass is 16.6. The summed E-state index contributed by atoms with van der Waals surface area (Å²) in [5.74, 6) is -6.75. The van der Waals surface area contributed by atoms with E-state index in [4.69, 9.17) is 10.5 Å². The van der Waals surface area contributed by atoms with Crippen LogP contribution in [0.15, 0.2) is 53.3 Å². The first-order chi connectivity index (χ1) is 19.1. The standard InChI is InChI=1S/C30H30N2O9/c1-29(2,3)41-28(39)32-16-6-4-13(5-7-16)17-8-9-19(33)22-18(17)11-14-10-15-12-20(34)23(27(31)38)26(37)30(15,40)25(36)21(14)24(22)35/h4-9,14-15,33,35,37,40H,10-12H2,1-3H3,(H2,31,38)(H,32,39). The summed E-state index contributed by atoms with van der Waals surface area (Å²) in [7, 11) is 0. The summed E-state index contributed by atoms with van der Waals surface area (Å²) in [5, 5.41) is 46.7. The first kappa shape index (κ1) is 27.9. The number of aliphatic hydroxyl groups excluding tert-OH is 2. The Morgan fingerprint density at radius 1 is 1.02 bits per heavy atom. The number of Topliss-reactive ketones (excluding diaryl/α,β-unsaturated/α-hetero) is 2. The Bertz CT molecular complexity index is 1580. The van der Waals surface area contributed by atoms with Crippen LogP contribution in [0, 0.1) is 11.8 Å². The Balaban J connectivity index is 1.54. The van der Waals surface area contributed by atoms with E-state index in [1.54, 1.807) is 51.1 Å². The second kappa shape index (κ2) is 9.48. The van der Waals surface area contributed by atoms with Crippen LogP contribution in [0.25, 0.3) is 16.9 Å². The molecule has 2 aromatic rings. The van der Waals surface area contributed by atoms with E-state index in [9.17, 15) is 39.6 Å². The van der Waals surface area contributed by atoms with Crippen molar-refractivity contribution >= 4 is 35.0 Å². The van der Waals surface area contributed by atoms with Crippen molar-refractivity contribution in [3.63, 3.8) is 0 Å². The number of ketones is 2.